The van der Waals surface area contributed by atoms with Crippen molar-refractivity contribution in [2.75, 3.05) is 4.90 Å². The first-order valence-corrected chi connectivity index (χ1v) is 22.6. The molecular formula is C68H49N. The van der Waals surface area contributed by atoms with Crippen molar-refractivity contribution in [1.82, 2.24) is 0 Å². The molecule has 11 aromatic rings. The number of rotatable bonds is 8. The number of benzene rings is 11. The van der Waals surface area contributed by atoms with Gasteiger partial charge >= 0.3 is 0 Å². The lowest BCUT2D eigenvalue weighted by Crippen LogP contribution is -2.28. The van der Waals surface area contributed by atoms with Crippen molar-refractivity contribution in [3.63, 3.8) is 0 Å². The van der Waals surface area contributed by atoms with Crippen molar-refractivity contribution < 1.29 is 26.0 Å². The molecular weight excluding hydrogens is 831 g/mol. The molecule has 0 saturated heterocycles. The van der Waals surface area contributed by atoms with Crippen molar-refractivity contribution in [2.24, 2.45) is 0 Å². The molecule has 69 heavy (non-hydrogen) atoms. The second-order valence-corrected chi connectivity index (χ2v) is 17.7. The van der Waals surface area contributed by atoms with Crippen LogP contribution in [0.15, 0.2) is 260 Å². The Morgan fingerprint density at radius 1 is 0.362 bits per heavy atom. The van der Waals surface area contributed by atoms with Crippen LogP contribution in [-0.4, -0.2) is 0 Å². The summed E-state index contributed by atoms with van der Waals surface area (Å²) in [7, 11) is 0. The van der Waals surface area contributed by atoms with Gasteiger partial charge in [0.25, 0.3) is 0 Å². The molecule has 0 bridgehead atoms. The van der Waals surface area contributed by atoms with E-state index < -0.39 is 170 Å². The van der Waals surface area contributed by atoms with Gasteiger partial charge in [-0.25, -0.2) is 0 Å². The summed E-state index contributed by atoms with van der Waals surface area (Å²) >= 11 is 0. The highest BCUT2D eigenvalue weighted by molar-refractivity contribution is 6.05. The van der Waals surface area contributed by atoms with Gasteiger partial charge in [0, 0.05) is 22.4 Å². The first-order valence-electron chi connectivity index (χ1n) is 32.1. The zero-order chi connectivity index (χ0) is 62.6. The topological polar surface area (TPSA) is 3.24 Å². The molecule has 13 rings (SSSR count). The minimum absolute atomic E-state index is 0.246. The van der Waals surface area contributed by atoms with E-state index in [9.17, 15) is 15.1 Å². The van der Waals surface area contributed by atoms with Crippen molar-refractivity contribution in [3.8, 4) is 55.6 Å². The molecule has 1 nitrogen and oxygen atoms in total. The molecule has 1 heteroatoms. The zero-order valence-electron chi connectivity index (χ0n) is 56.3. The minimum atomic E-state index is -0.977. The largest absolute Gasteiger partial charge is 0.310 e. The number of hydrogen-bond acceptors (Lipinski definition) is 1. The van der Waals surface area contributed by atoms with E-state index >= 15 is 0 Å². The maximum absolute atomic E-state index is 10.4. The third-order valence-corrected chi connectivity index (χ3v) is 13.7. The third-order valence-electron chi connectivity index (χ3n) is 13.7. The average Bonchev–Trinajstić information content (AvgIpc) is 1.23. The van der Waals surface area contributed by atoms with Crippen LogP contribution in [0.5, 0.6) is 0 Å². The van der Waals surface area contributed by atoms with Crippen molar-refractivity contribution in [2.45, 2.75) is 24.7 Å². The Kier molecular flexibility index (Phi) is 5.96. The molecule has 326 valence electrons. The Morgan fingerprint density at radius 3 is 1.68 bits per heavy atom. The van der Waals surface area contributed by atoms with E-state index in [1.54, 1.807) is 4.90 Å². The summed E-state index contributed by atoms with van der Waals surface area (Å²) in [6, 6.07) is 32.0. The number of anilines is 3. The fourth-order valence-corrected chi connectivity index (χ4v) is 10.7. The summed E-state index contributed by atoms with van der Waals surface area (Å²) in [6.07, 6.45) is 0. The van der Waals surface area contributed by atoms with Crippen LogP contribution in [0.4, 0.5) is 17.1 Å². The molecule has 0 spiro atoms. The van der Waals surface area contributed by atoms with E-state index in [0.717, 1.165) is 55.6 Å². The fraction of sp³-hybridized carbons (Fsp3) is 0.0588. The highest BCUT2D eigenvalue weighted by Crippen LogP contribution is 2.60. The standard InChI is InChI=1S/C68H49N/c1-67(2)60-29-16-14-27-57(60)58-44-42-54(45-63(58)67)69(64-32-18-31-62-66(64)59-28-15-17-30-61(59)68(62,51-22-8-4-9-23-51)52-24-10-5-11-25-52)53-40-37-49(38-41-53)56-43-39-48-21-12-13-26-55(48)65(56)50-35-33-47(34-36-50)46-19-6-3-7-20-46/h3-45H,1-2H3/i3D,6D,7D,12D,13D,19D,20D,21D,26D,33D,34D,35D,36D,37D,38D,39D,40D,41D,43D. The Labute approximate surface area is 432 Å². The lowest BCUT2D eigenvalue weighted by molar-refractivity contribution is 0.660. The van der Waals surface area contributed by atoms with Gasteiger partial charge in [-0.2, -0.15) is 0 Å². The average molecular weight is 899 g/mol. The van der Waals surface area contributed by atoms with Crippen LogP contribution in [0, 0.1) is 0 Å². The van der Waals surface area contributed by atoms with E-state index in [1.807, 2.05) is 97.1 Å². The van der Waals surface area contributed by atoms with Crippen molar-refractivity contribution in [1.29, 1.82) is 0 Å². The van der Waals surface area contributed by atoms with Gasteiger partial charge in [0.1, 0.15) is 0 Å². The summed E-state index contributed by atoms with van der Waals surface area (Å²) in [5, 5.41) is -1.18. The highest BCUT2D eigenvalue weighted by Gasteiger charge is 2.47. The lowest BCUT2D eigenvalue weighted by atomic mass is 9.68. The smallest absolute Gasteiger partial charge is 0.0714 e. The maximum Gasteiger partial charge on any atom is 0.0714 e. The van der Waals surface area contributed by atoms with E-state index in [0.29, 0.717) is 11.4 Å². The molecule has 0 amide bonds. The molecule has 0 radical (unpaired) electrons. The van der Waals surface area contributed by atoms with Gasteiger partial charge in [-0.15, -0.1) is 0 Å². The fourth-order valence-electron chi connectivity index (χ4n) is 10.7. The third kappa shape index (κ3) is 6.31. The molecule has 0 atom stereocenters. The summed E-state index contributed by atoms with van der Waals surface area (Å²) in [5.74, 6) is 0. The number of fused-ring (bicyclic) bond motifs is 7. The first-order chi connectivity index (χ1) is 41.9. The van der Waals surface area contributed by atoms with Gasteiger partial charge in [-0.05, 0) is 125 Å². The molecule has 2 aliphatic carbocycles. The molecule has 0 fully saturated rings. The van der Waals surface area contributed by atoms with Crippen LogP contribution in [0.3, 0.4) is 0 Å². The Balaban J connectivity index is 1.15. The van der Waals surface area contributed by atoms with Gasteiger partial charge < -0.3 is 4.90 Å². The summed E-state index contributed by atoms with van der Waals surface area (Å²) < 4.78 is 177. The molecule has 11 aromatic carbocycles. The van der Waals surface area contributed by atoms with Gasteiger partial charge in [-0.1, -0.05) is 244 Å². The molecule has 0 saturated carbocycles. The van der Waals surface area contributed by atoms with Gasteiger partial charge in [0.15, 0.2) is 0 Å². The van der Waals surface area contributed by atoms with Crippen LogP contribution in [0.2, 0.25) is 0 Å². The number of nitrogens with zero attached hydrogens (tertiary/aromatic N) is 1. The van der Waals surface area contributed by atoms with Crippen molar-refractivity contribution in [3.05, 3.63) is 294 Å². The zero-order valence-corrected chi connectivity index (χ0v) is 37.3. The van der Waals surface area contributed by atoms with Crippen molar-refractivity contribution >= 4 is 27.8 Å². The molecule has 2 aliphatic rings. The Bertz CT molecular complexity index is 4760. The SMILES string of the molecule is [2H]c1c([2H])c([2H])c(-c2c([2H])c([2H])c(-c3c(-c4c([2H])c([2H])c(N(c5ccc6c(c5)C(C)(C)c5ccccc5-6)c5cccc6c5-c5ccccc5C6(c5ccccc5)c5ccccc5)c([2H])c4[2H])c([2H])c([2H])c4c([2H])c([2H])c([2H])c([2H])c34)c([2H])c2[2H])c([2H])c1[2H]. The summed E-state index contributed by atoms with van der Waals surface area (Å²) in [5.41, 5.74) is 4.32. The van der Waals surface area contributed by atoms with Crippen LogP contribution < -0.4 is 4.90 Å². The quantitative estimate of drug-likeness (QED) is 0.147. The Morgan fingerprint density at radius 2 is 0.942 bits per heavy atom. The second kappa shape index (κ2) is 16.1. The van der Waals surface area contributed by atoms with Gasteiger partial charge in [-0.3, -0.25) is 0 Å². The first kappa shape index (κ1) is 25.6. The summed E-state index contributed by atoms with van der Waals surface area (Å²) in [4.78, 5) is 1.71. The number of hydrogen-bond donors (Lipinski definition) is 0. The van der Waals surface area contributed by atoms with E-state index in [2.05, 4.69) is 62.4 Å². The predicted octanol–water partition coefficient (Wildman–Crippen LogP) is 18.0. The van der Waals surface area contributed by atoms with E-state index in [1.165, 1.54) is 0 Å². The van der Waals surface area contributed by atoms with Crippen LogP contribution in [0.1, 0.15) is 73.3 Å². The van der Waals surface area contributed by atoms with Gasteiger partial charge in [0.05, 0.1) is 37.1 Å². The minimum Gasteiger partial charge on any atom is -0.310 e. The lowest BCUT2D eigenvalue weighted by Gasteiger charge is -2.34. The molecule has 0 heterocycles. The van der Waals surface area contributed by atoms with Crippen LogP contribution >= 0.6 is 0 Å². The molecule has 0 N–H and O–H groups in total. The highest BCUT2D eigenvalue weighted by atomic mass is 15.1. The predicted molar refractivity (Wildman–Crippen MR) is 290 cm³/mol. The molecule has 0 unspecified atom stereocenters. The molecule has 0 aliphatic heterocycles. The maximum atomic E-state index is 10.4. The van der Waals surface area contributed by atoms with Crippen LogP contribution in [0.25, 0.3) is 66.4 Å². The second-order valence-electron chi connectivity index (χ2n) is 17.7. The monoisotopic (exact) mass is 899 g/mol. The van der Waals surface area contributed by atoms with E-state index in [-0.39, 0.29) is 5.69 Å². The van der Waals surface area contributed by atoms with E-state index in [4.69, 9.17) is 11.0 Å². The van der Waals surface area contributed by atoms with Gasteiger partial charge in [0.2, 0.25) is 0 Å². The Hall–Kier alpha value is -8.52. The normalized spacial score (nSPS) is 17.4. The summed E-state index contributed by atoms with van der Waals surface area (Å²) in [6.45, 7) is 4.23. The molecule has 0 aromatic heterocycles. The van der Waals surface area contributed by atoms with Crippen LogP contribution in [-0.2, 0) is 10.8 Å².